The molecular formula is C15H16ClN3O2. The molecule has 0 aliphatic heterocycles. The van der Waals surface area contributed by atoms with Crippen LogP contribution in [0.15, 0.2) is 42.6 Å². The molecule has 2 aromatic rings. The van der Waals surface area contributed by atoms with Crippen LogP contribution in [0.5, 0.6) is 5.75 Å². The summed E-state index contributed by atoms with van der Waals surface area (Å²) in [5.74, 6) is 0.555. The predicted molar refractivity (Wildman–Crippen MR) is 82.7 cm³/mol. The zero-order valence-electron chi connectivity index (χ0n) is 11.8. The van der Waals surface area contributed by atoms with Crippen LogP contribution in [0.1, 0.15) is 5.69 Å². The molecule has 0 saturated carbocycles. The highest BCUT2D eigenvalue weighted by molar-refractivity contribution is 6.31. The minimum Gasteiger partial charge on any atom is -0.495 e. The Balaban J connectivity index is 2.05. The number of urea groups is 1. The third-order valence-corrected chi connectivity index (χ3v) is 3.11. The van der Waals surface area contributed by atoms with E-state index in [0.29, 0.717) is 23.0 Å². The molecule has 5 nitrogen and oxygen atoms in total. The first kappa shape index (κ1) is 15.1. The first-order chi connectivity index (χ1) is 10.1. The fourth-order valence-corrected chi connectivity index (χ4v) is 1.97. The van der Waals surface area contributed by atoms with E-state index in [4.69, 9.17) is 16.3 Å². The third kappa shape index (κ3) is 4.10. The maximum Gasteiger partial charge on any atom is 0.322 e. The van der Waals surface area contributed by atoms with Crippen molar-refractivity contribution in [3.05, 3.63) is 53.3 Å². The summed E-state index contributed by atoms with van der Waals surface area (Å²) >= 11 is 5.94. The van der Waals surface area contributed by atoms with Crippen LogP contribution >= 0.6 is 11.6 Å². The third-order valence-electron chi connectivity index (χ3n) is 2.88. The number of carbonyl (C=O) groups is 1. The summed E-state index contributed by atoms with van der Waals surface area (Å²) in [5, 5.41) is 3.30. The molecule has 0 unspecified atom stereocenters. The van der Waals surface area contributed by atoms with Gasteiger partial charge in [-0.1, -0.05) is 17.7 Å². The van der Waals surface area contributed by atoms with Crippen molar-refractivity contribution in [1.29, 1.82) is 0 Å². The number of carbonyl (C=O) groups excluding carboxylic acids is 1. The van der Waals surface area contributed by atoms with E-state index in [1.807, 2.05) is 18.2 Å². The number of halogens is 1. The number of nitrogens with one attached hydrogen (secondary N) is 1. The molecule has 1 aromatic carbocycles. The number of anilines is 1. The lowest BCUT2D eigenvalue weighted by molar-refractivity contribution is 0.220. The monoisotopic (exact) mass is 305 g/mol. The summed E-state index contributed by atoms with van der Waals surface area (Å²) in [6.07, 6.45) is 1.70. The lowest BCUT2D eigenvalue weighted by atomic mass is 10.3. The number of nitrogens with zero attached hydrogens (tertiary/aromatic N) is 2. The average molecular weight is 306 g/mol. The zero-order chi connectivity index (χ0) is 15.2. The van der Waals surface area contributed by atoms with Crippen molar-refractivity contribution < 1.29 is 9.53 Å². The van der Waals surface area contributed by atoms with Crippen LogP contribution in [-0.2, 0) is 6.54 Å². The van der Waals surface area contributed by atoms with Crippen LogP contribution in [0.2, 0.25) is 5.02 Å². The Morgan fingerprint density at radius 3 is 2.86 bits per heavy atom. The molecule has 0 radical (unpaired) electrons. The van der Waals surface area contributed by atoms with Gasteiger partial charge in [0.05, 0.1) is 25.0 Å². The van der Waals surface area contributed by atoms with Gasteiger partial charge in [0.1, 0.15) is 5.75 Å². The van der Waals surface area contributed by atoms with Crippen LogP contribution in [-0.4, -0.2) is 30.1 Å². The van der Waals surface area contributed by atoms with Crippen molar-refractivity contribution in [2.45, 2.75) is 6.54 Å². The zero-order valence-corrected chi connectivity index (χ0v) is 12.6. The number of amides is 2. The molecule has 0 saturated heterocycles. The molecule has 0 aliphatic carbocycles. The second kappa shape index (κ2) is 6.95. The molecular weight excluding hydrogens is 290 g/mol. The molecule has 2 amide bonds. The Hall–Kier alpha value is -2.27. The van der Waals surface area contributed by atoms with E-state index in [1.54, 1.807) is 31.4 Å². The maximum atomic E-state index is 12.2. The Morgan fingerprint density at radius 1 is 1.38 bits per heavy atom. The molecule has 2 rings (SSSR count). The first-order valence-corrected chi connectivity index (χ1v) is 6.73. The Bertz CT molecular complexity index is 620. The number of rotatable bonds is 4. The molecule has 0 aliphatic rings. The molecule has 6 heteroatoms. The van der Waals surface area contributed by atoms with Crippen LogP contribution in [0.25, 0.3) is 0 Å². The standard InChI is InChI=1S/C15H16ClN3O2/c1-19(10-12-5-3-4-8-17-12)15(20)18-13-9-11(16)6-7-14(13)21-2/h3-9H,10H2,1-2H3,(H,18,20). The minimum atomic E-state index is -0.263. The number of pyridine rings is 1. The van der Waals surface area contributed by atoms with Gasteiger partial charge < -0.3 is 15.0 Å². The summed E-state index contributed by atoms with van der Waals surface area (Å²) in [7, 11) is 3.23. The molecule has 0 atom stereocenters. The lowest BCUT2D eigenvalue weighted by Gasteiger charge is -2.18. The number of hydrogen-bond donors (Lipinski definition) is 1. The summed E-state index contributed by atoms with van der Waals surface area (Å²) in [6.45, 7) is 0.412. The minimum absolute atomic E-state index is 0.263. The van der Waals surface area contributed by atoms with Gasteiger partial charge in [-0.05, 0) is 30.3 Å². The van der Waals surface area contributed by atoms with Gasteiger partial charge in [0.15, 0.2) is 0 Å². The highest BCUT2D eigenvalue weighted by Gasteiger charge is 2.13. The Kier molecular flexibility index (Phi) is 5.00. The molecule has 1 N–H and O–H groups in total. The van der Waals surface area contributed by atoms with Crippen molar-refractivity contribution in [2.75, 3.05) is 19.5 Å². The quantitative estimate of drug-likeness (QED) is 0.942. The molecule has 21 heavy (non-hydrogen) atoms. The summed E-state index contributed by atoms with van der Waals surface area (Å²) < 4.78 is 5.20. The smallest absolute Gasteiger partial charge is 0.322 e. The summed E-state index contributed by atoms with van der Waals surface area (Å²) in [4.78, 5) is 17.9. The van der Waals surface area contributed by atoms with Gasteiger partial charge in [-0.25, -0.2) is 4.79 Å². The fraction of sp³-hybridized carbons (Fsp3) is 0.200. The van der Waals surface area contributed by atoms with Crippen molar-refractivity contribution >= 4 is 23.3 Å². The van der Waals surface area contributed by atoms with Gasteiger partial charge in [0.2, 0.25) is 0 Å². The molecule has 1 aromatic heterocycles. The van der Waals surface area contributed by atoms with E-state index in [-0.39, 0.29) is 6.03 Å². The molecule has 0 fully saturated rings. The van der Waals surface area contributed by atoms with E-state index in [0.717, 1.165) is 5.69 Å². The van der Waals surface area contributed by atoms with Crippen molar-refractivity contribution in [2.24, 2.45) is 0 Å². The summed E-state index contributed by atoms with van der Waals surface area (Å²) in [6, 6.07) is 10.4. The Morgan fingerprint density at radius 2 is 2.19 bits per heavy atom. The van der Waals surface area contributed by atoms with Gasteiger partial charge in [-0.2, -0.15) is 0 Å². The first-order valence-electron chi connectivity index (χ1n) is 6.35. The molecule has 0 spiro atoms. The average Bonchev–Trinajstić information content (AvgIpc) is 2.48. The summed E-state index contributed by atoms with van der Waals surface area (Å²) in [5.41, 5.74) is 1.34. The number of aromatic nitrogens is 1. The van der Waals surface area contributed by atoms with Crippen molar-refractivity contribution in [1.82, 2.24) is 9.88 Å². The normalized spacial score (nSPS) is 10.0. The second-order valence-electron chi connectivity index (χ2n) is 4.45. The number of ether oxygens (including phenoxy) is 1. The SMILES string of the molecule is COc1ccc(Cl)cc1NC(=O)N(C)Cc1ccccn1. The van der Waals surface area contributed by atoms with Crippen LogP contribution in [0.3, 0.4) is 0 Å². The van der Waals surface area contributed by atoms with E-state index < -0.39 is 0 Å². The predicted octanol–water partition coefficient (Wildman–Crippen LogP) is 3.41. The van der Waals surface area contributed by atoms with Crippen LogP contribution < -0.4 is 10.1 Å². The highest BCUT2D eigenvalue weighted by Crippen LogP contribution is 2.27. The topological polar surface area (TPSA) is 54.5 Å². The Labute approximate surface area is 128 Å². The van der Waals surface area contributed by atoms with Crippen LogP contribution in [0, 0.1) is 0 Å². The van der Waals surface area contributed by atoms with Gasteiger partial charge >= 0.3 is 6.03 Å². The van der Waals surface area contributed by atoms with E-state index in [1.165, 1.54) is 12.0 Å². The van der Waals surface area contributed by atoms with Gasteiger partial charge in [-0.3, -0.25) is 4.98 Å². The molecule has 0 bridgehead atoms. The van der Waals surface area contributed by atoms with E-state index in [9.17, 15) is 4.79 Å². The fourth-order valence-electron chi connectivity index (χ4n) is 1.79. The van der Waals surface area contributed by atoms with E-state index in [2.05, 4.69) is 10.3 Å². The number of hydrogen-bond acceptors (Lipinski definition) is 3. The van der Waals surface area contributed by atoms with Crippen molar-refractivity contribution in [3.8, 4) is 5.75 Å². The van der Waals surface area contributed by atoms with Gasteiger partial charge in [0, 0.05) is 18.3 Å². The number of benzene rings is 1. The molecule has 110 valence electrons. The van der Waals surface area contributed by atoms with Crippen molar-refractivity contribution in [3.63, 3.8) is 0 Å². The maximum absolute atomic E-state index is 12.2. The van der Waals surface area contributed by atoms with Gasteiger partial charge in [0.25, 0.3) is 0 Å². The second-order valence-corrected chi connectivity index (χ2v) is 4.89. The number of methoxy groups -OCH3 is 1. The van der Waals surface area contributed by atoms with Gasteiger partial charge in [-0.15, -0.1) is 0 Å². The lowest BCUT2D eigenvalue weighted by Crippen LogP contribution is -2.31. The van der Waals surface area contributed by atoms with Crippen LogP contribution in [0.4, 0.5) is 10.5 Å². The van der Waals surface area contributed by atoms with E-state index >= 15 is 0 Å². The largest absolute Gasteiger partial charge is 0.495 e. The molecule has 1 heterocycles. The highest BCUT2D eigenvalue weighted by atomic mass is 35.5.